The topological polar surface area (TPSA) is 38.9 Å². The van der Waals surface area contributed by atoms with E-state index in [1.54, 1.807) is 0 Å². The number of fused-ring (bicyclic) bond motifs is 1. The summed E-state index contributed by atoms with van der Waals surface area (Å²) in [5, 5.41) is 0. The smallest absolute Gasteiger partial charge is 0.0413 e. The number of hydrogen-bond donors (Lipinski definition) is 1. The first kappa shape index (κ1) is 7.25. The summed E-state index contributed by atoms with van der Waals surface area (Å²) in [6, 6.07) is 0.211. The number of rotatable bonds is 0. The molecule has 0 saturated heterocycles. The van der Waals surface area contributed by atoms with Gasteiger partial charge in [-0.25, -0.2) is 0 Å². The number of nitrogens with zero attached hydrogens (tertiary/aromatic N) is 1. The molecule has 0 radical (unpaired) electrons. The highest BCUT2D eigenvalue weighted by Crippen LogP contribution is 2.33. The Labute approximate surface area is 73.9 Å². The Balaban J connectivity index is 2.58. The lowest BCUT2D eigenvalue weighted by Crippen LogP contribution is -2.05. The van der Waals surface area contributed by atoms with Crippen LogP contribution in [0.3, 0.4) is 0 Å². The van der Waals surface area contributed by atoms with Gasteiger partial charge in [0.05, 0.1) is 0 Å². The average molecular weight is 213 g/mol. The normalized spacial score (nSPS) is 21.8. The SMILES string of the molecule is NC1CCc2cncc(Br)c21. The van der Waals surface area contributed by atoms with Gasteiger partial charge in [-0.2, -0.15) is 0 Å². The first-order valence-corrected chi connectivity index (χ1v) is 4.46. The van der Waals surface area contributed by atoms with E-state index in [4.69, 9.17) is 5.73 Å². The van der Waals surface area contributed by atoms with Crippen LogP contribution in [-0.4, -0.2) is 4.98 Å². The largest absolute Gasteiger partial charge is 0.324 e. The van der Waals surface area contributed by atoms with E-state index in [0.29, 0.717) is 0 Å². The molecule has 1 aliphatic rings. The second kappa shape index (κ2) is 2.57. The Morgan fingerprint density at radius 3 is 3.09 bits per heavy atom. The number of hydrogen-bond acceptors (Lipinski definition) is 2. The number of pyridine rings is 1. The molecule has 2 nitrogen and oxygen atoms in total. The second-order valence-electron chi connectivity index (χ2n) is 2.84. The molecule has 58 valence electrons. The van der Waals surface area contributed by atoms with Gasteiger partial charge in [-0.1, -0.05) is 0 Å². The van der Waals surface area contributed by atoms with Gasteiger partial charge in [0.25, 0.3) is 0 Å². The van der Waals surface area contributed by atoms with Crippen molar-refractivity contribution in [3.63, 3.8) is 0 Å². The summed E-state index contributed by atoms with van der Waals surface area (Å²) >= 11 is 3.45. The maximum Gasteiger partial charge on any atom is 0.0413 e. The van der Waals surface area contributed by atoms with Crippen molar-refractivity contribution in [3.8, 4) is 0 Å². The molecular weight excluding hydrogens is 204 g/mol. The second-order valence-corrected chi connectivity index (χ2v) is 3.69. The Morgan fingerprint density at radius 2 is 2.36 bits per heavy atom. The Morgan fingerprint density at radius 1 is 1.55 bits per heavy atom. The van der Waals surface area contributed by atoms with E-state index in [-0.39, 0.29) is 6.04 Å². The fourth-order valence-corrected chi connectivity index (χ4v) is 2.22. The van der Waals surface area contributed by atoms with Crippen LogP contribution in [-0.2, 0) is 6.42 Å². The van der Waals surface area contributed by atoms with E-state index in [9.17, 15) is 0 Å². The van der Waals surface area contributed by atoms with Crippen molar-refractivity contribution in [2.24, 2.45) is 5.73 Å². The van der Waals surface area contributed by atoms with Crippen molar-refractivity contribution in [1.82, 2.24) is 4.98 Å². The summed E-state index contributed by atoms with van der Waals surface area (Å²) in [7, 11) is 0. The van der Waals surface area contributed by atoms with Gasteiger partial charge in [0, 0.05) is 22.9 Å². The van der Waals surface area contributed by atoms with Crippen molar-refractivity contribution in [1.29, 1.82) is 0 Å². The molecule has 0 aliphatic heterocycles. The van der Waals surface area contributed by atoms with Crippen LogP contribution in [0.5, 0.6) is 0 Å². The van der Waals surface area contributed by atoms with E-state index in [1.165, 1.54) is 11.1 Å². The third-order valence-electron chi connectivity index (χ3n) is 2.12. The molecule has 0 amide bonds. The molecule has 3 heteroatoms. The molecule has 0 aromatic carbocycles. The maximum absolute atomic E-state index is 5.89. The molecule has 2 rings (SSSR count). The molecule has 0 saturated carbocycles. The predicted octanol–water partition coefficient (Wildman–Crippen LogP) is 1.79. The van der Waals surface area contributed by atoms with Crippen molar-refractivity contribution in [3.05, 3.63) is 28.0 Å². The molecule has 0 spiro atoms. The highest BCUT2D eigenvalue weighted by molar-refractivity contribution is 9.10. The summed E-state index contributed by atoms with van der Waals surface area (Å²) in [5.74, 6) is 0. The van der Waals surface area contributed by atoms with Gasteiger partial charge in [0.1, 0.15) is 0 Å². The highest BCUT2D eigenvalue weighted by Gasteiger charge is 2.21. The summed E-state index contributed by atoms with van der Waals surface area (Å²) in [4.78, 5) is 4.09. The molecule has 1 aliphatic carbocycles. The summed E-state index contributed by atoms with van der Waals surface area (Å²) in [6.07, 6.45) is 5.85. The Bertz CT molecular complexity index is 285. The van der Waals surface area contributed by atoms with Gasteiger partial charge in [-0.3, -0.25) is 4.98 Å². The summed E-state index contributed by atoms with van der Waals surface area (Å²) < 4.78 is 1.06. The summed E-state index contributed by atoms with van der Waals surface area (Å²) in [5.41, 5.74) is 8.44. The molecule has 1 unspecified atom stereocenters. The van der Waals surface area contributed by atoms with Crippen LogP contribution in [0.2, 0.25) is 0 Å². The first-order valence-electron chi connectivity index (χ1n) is 3.67. The minimum atomic E-state index is 0.211. The van der Waals surface area contributed by atoms with Crippen LogP contribution in [0.25, 0.3) is 0 Å². The third kappa shape index (κ3) is 1.08. The van der Waals surface area contributed by atoms with Crippen LogP contribution < -0.4 is 5.73 Å². The number of aromatic nitrogens is 1. The fraction of sp³-hybridized carbons (Fsp3) is 0.375. The van der Waals surface area contributed by atoms with E-state index in [0.717, 1.165) is 17.3 Å². The van der Waals surface area contributed by atoms with Gasteiger partial charge in [-0.15, -0.1) is 0 Å². The van der Waals surface area contributed by atoms with Crippen molar-refractivity contribution in [2.45, 2.75) is 18.9 Å². The molecule has 1 aromatic rings. The van der Waals surface area contributed by atoms with E-state index in [1.807, 2.05) is 12.4 Å². The van der Waals surface area contributed by atoms with Crippen molar-refractivity contribution >= 4 is 15.9 Å². The van der Waals surface area contributed by atoms with Crippen LogP contribution in [0, 0.1) is 0 Å². The Hall–Kier alpha value is -0.410. The lowest BCUT2D eigenvalue weighted by molar-refractivity contribution is 0.711. The fourth-order valence-electron chi connectivity index (χ4n) is 1.55. The van der Waals surface area contributed by atoms with Gasteiger partial charge >= 0.3 is 0 Å². The average Bonchev–Trinajstić information content (AvgIpc) is 2.34. The molecule has 0 bridgehead atoms. The third-order valence-corrected chi connectivity index (χ3v) is 2.75. The monoisotopic (exact) mass is 212 g/mol. The highest BCUT2D eigenvalue weighted by atomic mass is 79.9. The lowest BCUT2D eigenvalue weighted by Gasteiger charge is -2.05. The Kier molecular flexibility index (Phi) is 1.69. The van der Waals surface area contributed by atoms with E-state index in [2.05, 4.69) is 20.9 Å². The van der Waals surface area contributed by atoms with Gasteiger partial charge in [0.2, 0.25) is 0 Å². The zero-order valence-electron chi connectivity index (χ0n) is 6.05. The number of aryl methyl sites for hydroxylation is 1. The van der Waals surface area contributed by atoms with Gasteiger partial charge in [0.15, 0.2) is 0 Å². The van der Waals surface area contributed by atoms with Crippen LogP contribution in [0.1, 0.15) is 23.6 Å². The van der Waals surface area contributed by atoms with Crippen molar-refractivity contribution in [2.75, 3.05) is 0 Å². The first-order chi connectivity index (χ1) is 5.29. The number of halogens is 1. The molecule has 1 heterocycles. The van der Waals surface area contributed by atoms with Crippen LogP contribution in [0.4, 0.5) is 0 Å². The van der Waals surface area contributed by atoms with Crippen LogP contribution in [0.15, 0.2) is 16.9 Å². The molecule has 2 N–H and O–H groups in total. The molecule has 1 aromatic heterocycles. The van der Waals surface area contributed by atoms with E-state index < -0.39 is 0 Å². The molecule has 1 atom stereocenters. The zero-order chi connectivity index (χ0) is 7.84. The zero-order valence-corrected chi connectivity index (χ0v) is 7.63. The lowest BCUT2D eigenvalue weighted by atomic mass is 10.1. The number of nitrogens with two attached hydrogens (primary N) is 1. The van der Waals surface area contributed by atoms with Crippen molar-refractivity contribution < 1.29 is 0 Å². The van der Waals surface area contributed by atoms with Gasteiger partial charge in [-0.05, 0) is 39.9 Å². The van der Waals surface area contributed by atoms with Gasteiger partial charge < -0.3 is 5.73 Å². The standard InChI is InChI=1S/C8H9BrN2/c9-6-4-11-3-5-1-2-7(10)8(5)6/h3-4,7H,1-2,10H2. The van der Waals surface area contributed by atoms with Crippen LogP contribution >= 0.6 is 15.9 Å². The maximum atomic E-state index is 5.89. The van der Waals surface area contributed by atoms with E-state index >= 15 is 0 Å². The minimum absolute atomic E-state index is 0.211. The molecule has 11 heavy (non-hydrogen) atoms. The predicted molar refractivity (Wildman–Crippen MR) is 47.2 cm³/mol. The quantitative estimate of drug-likeness (QED) is 0.713. The molecule has 0 fully saturated rings. The minimum Gasteiger partial charge on any atom is -0.324 e. The molecular formula is C8H9BrN2. The summed E-state index contributed by atoms with van der Waals surface area (Å²) in [6.45, 7) is 0.